The molecule has 1 aromatic heterocycles. The summed E-state index contributed by atoms with van der Waals surface area (Å²) in [5.74, 6) is 0. The largest absolute Gasteiger partial charge is 0.413 e. The maximum Gasteiger partial charge on any atom is 0.330 e. The van der Waals surface area contributed by atoms with Gasteiger partial charge in [-0.1, -0.05) is 48.1 Å². The number of hydrogen-bond acceptors (Lipinski definition) is 5. The first-order chi connectivity index (χ1) is 12.5. The second-order valence-electron chi connectivity index (χ2n) is 8.19. The van der Waals surface area contributed by atoms with Crippen LogP contribution in [-0.2, 0) is 9.16 Å². The van der Waals surface area contributed by atoms with Crippen molar-refractivity contribution in [3.05, 3.63) is 45.3 Å². The number of aliphatic hydroxyl groups excluding tert-OH is 1. The molecular formula is C19H32N2O5Si. The molecule has 0 aromatic carbocycles. The summed E-state index contributed by atoms with van der Waals surface area (Å²) >= 11 is 0. The van der Waals surface area contributed by atoms with E-state index in [9.17, 15) is 14.7 Å². The van der Waals surface area contributed by atoms with Crippen molar-refractivity contribution in [1.82, 2.24) is 9.55 Å². The number of aromatic amines is 1. The molecule has 8 heteroatoms. The quantitative estimate of drug-likeness (QED) is 0.546. The van der Waals surface area contributed by atoms with Crippen molar-refractivity contribution >= 4 is 8.32 Å². The first-order valence-electron chi connectivity index (χ1n) is 9.50. The molecule has 0 aliphatic carbocycles. The molecule has 0 saturated carbocycles. The molecule has 0 spiro atoms. The number of aromatic nitrogens is 2. The van der Waals surface area contributed by atoms with E-state index in [2.05, 4.69) is 53.1 Å². The normalized spacial score (nSPS) is 23.8. The first-order valence-corrected chi connectivity index (χ1v) is 11.6. The average Bonchev–Trinajstić information content (AvgIpc) is 2.83. The summed E-state index contributed by atoms with van der Waals surface area (Å²) in [6.07, 6.45) is -1.02. The Morgan fingerprint density at radius 2 is 1.78 bits per heavy atom. The zero-order valence-corrected chi connectivity index (χ0v) is 18.1. The maximum atomic E-state index is 12.1. The van der Waals surface area contributed by atoms with Crippen LogP contribution < -0.4 is 11.2 Å². The molecule has 0 amide bonds. The Balaban J connectivity index is 2.22. The van der Waals surface area contributed by atoms with Crippen LogP contribution in [0.1, 0.15) is 47.8 Å². The molecule has 152 valence electrons. The van der Waals surface area contributed by atoms with E-state index in [1.165, 1.54) is 16.8 Å². The van der Waals surface area contributed by atoms with Gasteiger partial charge < -0.3 is 14.3 Å². The fourth-order valence-corrected chi connectivity index (χ4v) is 9.88. The third-order valence-corrected chi connectivity index (χ3v) is 11.7. The molecule has 2 heterocycles. The third-order valence-electron chi connectivity index (χ3n) is 5.66. The Hall–Kier alpha value is -1.48. The number of ether oxygens (including phenoxy) is 1. The number of aliphatic hydroxyl groups is 1. The van der Waals surface area contributed by atoms with Crippen molar-refractivity contribution < 1.29 is 14.3 Å². The minimum atomic E-state index is -2.10. The molecule has 3 atom stereocenters. The molecule has 1 aliphatic rings. The highest BCUT2D eigenvalue weighted by molar-refractivity contribution is 6.77. The smallest absolute Gasteiger partial charge is 0.330 e. The molecule has 1 aliphatic heterocycles. The zero-order valence-electron chi connectivity index (χ0n) is 17.1. The van der Waals surface area contributed by atoms with Crippen LogP contribution in [0.15, 0.2) is 34.0 Å². The highest BCUT2D eigenvalue weighted by atomic mass is 28.4. The predicted octanol–water partition coefficient (Wildman–Crippen LogP) is 2.54. The molecule has 1 aromatic rings. The molecule has 27 heavy (non-hydrogen) atoms. The van der Waals surface area contributed by atoms with Gasteiger partial charge in [0.2, 0.25) is 0 Å². The summed E-state index contributed by atoms with van der Waals surface area (Å²) in [7, 11) is -2.10. The molecular weight excluding hydrogens is 364 g/mol. The standard InChI is InChI=1S/C19H32N2O5Si/c1-11(2)27(12(3)4,13(5)6)25-10-15-17(23)14(7)18(26-15)21-9-8-16(22)20-19(21)24/h8-9,11-13,15,17-18,23H,7,10H2,1-6H3,(H,20,22,24)/t15-,17+,18-/m1/s1. The Morgan fingerprint density at radius 3 is 2.26 bits per heavy atom. The van der Waals surface area contributed by atoms with Crippen LogP contribution >= 0.6 is 0 Å². The second kappa shape index (κ2) is 8.26. The lowest BCUT2D eigenvalue weighted by Gasteiger charge is -2.42. The van der Waals surface area contributed by atoms with Gasteiger partial charge in [-0.3, -0.25) is 14.3 Å². The second-order valence-corrected chi connectivity index (χ2v) is 13.7. The van der Waals surface area contributed by atoms with Crippen molar-refractivity contribution in [3.8, 4) is 0 Å². The molecule has 1 fully saturated rings. The van der Waals surface area contributed by atoms with Gasteiger partial charge in [-0.15, -0.1) is 0 Å². The molecule has 2 rings (SSSR count). The van der Waals surface area contributed by atoms with Crippen LogP contribution in [0.3, 0.4) is 0 Å². The SMILES string of the molecule is C=C1[C@H](n2ccc(=O)[nH]c2=O)O[C@H](CO[Si](C(C)C)(C(C)C)C(C)C)[C@H]1O. The van der Waals surface area contributed by atoms with Crippen molar-refractivity contribution in [3.63, 3.8) is 0 Å². The molecule has 0 radical (unpaired) electrons. The molecule has 7 nitrogen and oxygen atoms in total. The lowest BCUT2D eigenvalue weighted by molar-refractivity contribution is -0.0426. The molecule has 1 saturated heterocycles. The predicted molar refractivity (Wildman–Crippen MR) is 107 cm³/mol. The van der Waals surface area contributed by atoms with Crippen LogP contribution in [0.25, 0.3) is 0 Å². The highest BCUT2D eigenvalue weighted by Crippen LogP contribution is 2.43. The van der Waals surface area contributed by atoms with Gasteiger partial charge in [-0.25, -0.2) is 4.79 Å². The van der Waals surface area contributed by atoms with Crippen molar-refractivity contribution in [1.29, 1.82) is 0 Å². The van der Waals surface area contributed by atoms with Gasteiger partial charge in [-0.05, 0) is 16.6 Å². The lowest BCUT2D eigenvalue weighted by Crippen LogP contribution is -2.49. The number of nitrogens with zero attached hydrogens (tertiary/aromatic N) is 1. The van der Waals surface area contributed by atoms with E-state index < -0.39 is 38.0 Å². The highest BCUT2D eigenvalue weighted by Gasteiger charge is 2.47. The Bertz CT molecular complexity index is 761. The van der Waals surface area contributed by atoms with Crippen molar-refractivity contribution in [2.24, 2.45) is 0 Å². The van der Waals surface area contributed by atoms with Gasteiger partial charge in [-0.2, -0.15) is 0 Å². The summed E-state index contributed by atoms with van der Waals surface area (Å²) < 4.78 is 13.7. The van der Waals surface area contributed by atoms with E-state index in [1.807, 2.05) is 0 Å². The third kappa shape index (κ3) is 4.03. The van der Waals surface area contributed by atoms with Crippen LogP contribution in [0, 0.1) is 0 Å². The minimum absolute atomic E-state index is 0.246. The summed E-state index contributed by atoms with van der Waals surface area (Å²) in [6.45, 7) is 17.3. The molecule has 2 N–H and O–H groups in total. The van der Waals surface area contributed by atoms with E-state index in [4.69, 9.17) is 9.16 Å². The van der Waals surface area contributed by atoms with E-state index in [0.29, 0.717) is 22.2 Å². The summed E-state index contributed by atoms with van der Waals surface area (Å²) in [5.41, 5.74) is 0.536. The summed E-state index contributed by atoms with van der Waals surface area (Å²) in [5, 5.41) is 10.6. The zero-order chi connectivity index (χ0) is 20.5. The van der Waals surface area contributed by atoms with Crippen molar-refractivity contribution in [2.45, 2.75) is 76.6 Å². The van der Waals surface area contributed by atoms with Gasteiger partial charge >= 0.3 is 5.69 Å². The maximum absolute atomic E-state index is 12.1. The van der Waals surface area contributed by atoms with E-state index >= 15 is 0 Å². The van der Waals surface area contributed by atoms with Gasteiger partial charge in [0.1, 0.15) is 12.2 Å². The van der Waals surface area contributed by atoms with Crippen LogP contribution in [0.2, 0.25) is 16.6 Å². The number of nitrogens with one attached hydrogen (secondary N) is 1. The van der Waals surface area contributed by atoms with E-state index in [1.54, 1.807) is 0 Å². The van der Waals surface area contributed by atoms with E-state index in [0.717, 1.165) is 0 Å². The number of rotatable bonds is 7. The lowest BCUT2D eigenvalue weighted by atomic mass is 10.1. The summed E-state index contributed by atoms with van der Waals surface area (Å²) in [4.78, 5) is 25.5. The fraction of sp³-hybridized carbons (Fsp3) is 0.684. The monoisotopic (exact) mass is 396 g/mol. The number of H-pyrrole nitrogens is 1. The van der Waals surface area contributed by atoms with Crippen LogP contribution in [-0.4, -0.2) is 41.8 Å². The minimum Gasteiger partial charge on any atom is -0.413 e. The van der Waals surface area contributed by atoms with Gasteiger partial charge in [0.25, 0.3) is 5.56 Å². The van der Waals surface area contributed by atoms with Gasteiger partial charge in [0.15, 0.2) is 14.5 Å². The van der Waals surface area contributed by atoms with Crippen LogP contribution in [0.4, 0.5) is 0 Å². The van der Waals surface area contributed by atoms with Gasteiger partial charge in [0, 0.05) is 17.8 Å². The Kier molecular flexibility index (Phi) is 6.67. The average molecular weight is 397 g/mol. The van der Waals surface area contributed by atoms with E-state index in [-0.39, 0.29) is 6.61 Å². The molecule has 0 bridgehead atoms. The fourth-order valence-electron chi connectivity index (χ4n) is 4.43. The van der Waals surface area contributed by atoms with Crippen LogP contribution in [0.5, 0.6) is 0 Å². The first kappa shape index (κ1) is 21.8. The topological polar surface area (TPSA) is 93.6 Å². The number of hydrogen-bond donors (Lipinski definition) is 2. The Morgan fingerprint density at radius 1 is 1.22 bits per heavy atom. The Labute approximate surface area is 161 Å². The summed E-state index contributed by atoms with van der Waals surface area (Å²) in [6, 6.07) is 1.24. The van der Waals surface area contributed by atoms with Gasteiger partial charge in [0.05, 0.1) is 6.61 Å². The molecule has 0 unspecified atom stereocenters. The van der Waals surface area contributed by atoms with Crippen molar-refractivity contribution in [2.75, 3.05) is 6.61 Å².